The van der Waals surface area contributed by atoms with Crippen molar-refractivity contribution in [1.29, 1.82) is 0 Å². The van der Waals surface area contributed by atoms with Crippen LogP contribution >= 0.6 is 0 Å². The standard InChI is InChI=1S/C20H25NO4/c22-19-17(7-3-4-12-21-19)24-13-8-10-14(11-9-13)25-20(23)18-15-5-1-2-6-16(15)18/h8-11,15-18H,1-7,12H2,(H,21,22)/t15-,16+,17-,18?/m0/s1. The molecule has 1 aromatic carbocycles. The van der Waals surface area contributed by atoms with E-state index in [0.29, 0.717) is 23.3 Å². The normalized spacial score (nSPS) is 31.3. The third kappa shape index (κ3) is 3.65. The Morgan fingerprint density at radius 1 is 0.920 bits per heavy atom. The zero-order chi connectivity index (χ0) is 17.2. The van der Waals surface area contributed by atoms with Crippen LogP contribution in [0.4, 0.5) is 0 Å². The Morgan fingerprint density at radius 2 is 1.56 bits per heavy atom. The summed E-state index contributed by atoms with van der Waals surface area (Å²) in [4.78, 5) is 24.2. The average Bonchev–Trinajstić information content (AvgIpc) is 3.38. The van der Waals surface area contributed by atoms with E-state index in [9.17, 15) is 9.59 Å². The van der Waals surface area contributed by atoms with Gasteiger partial charge in [0.1, 0.15) is 11.5 Å². The zero-order valence-electron chi connectivity index (χ0n) is 14.4. The van der Waals surface area contributed by atoms with Gasteiger partial charge in [-0.3, -0.25) is 9.59 Å². The van der Waals surface area contributed by atoms with Crippen LogP contribution in [0, 0.1) is 17.8 Å². The number of ether oxygens (including phenoxy) is 2. The van der Waals surface area contributed by atoms with Gasteiger partial charge in [-0.1, -0.05) is 12.8 Å². The highest BCUT2D eigenvalue weighted by Crippen LogP contribution is 2.55. The summed E-state index contributed by atoms with van der Waals surface area (Å²) in [5, 5.41) is 2.86. The minimum Gasteiger partial charge on any atom is -0.481 e. The van der Waals surface area contributed by atoms with Gasteiger partial charge in [0.25, 0.3) is 5.91 Å². The van der Waals surface area contributed by atoms with E-state index in [1.807, 2.05) is 0 Å². The molecule has 1 amide bonds. The van der Waals surface area contributed by atoms with Gasteiger partial charge < -0.3 is 14.8 Å². The number of hydrogen-bond donors (Lipinski definition) is 1. The summed E-state index contributed by atoms with van der Waals surface area (Å²) in [5.74, 6) is 2.25. The molecule has 3 aliphatic rings. The molecule has 134 valence electrons. The lowest BCUT2D eigenvalue weighted by Crippen LogP contribution is -2.36. The molecule has 4 atom stereocenters. The predicted octanol–water partition coefficient (Wildman–Crippen LogP) is 3.08. The molecule has 2 saturated carbocycles. The Hall–Kier alpha value is -2.04. The molecule has 1 unspecified atom stereocenters. The molecule has 0 spiro atoms. The topological polar surface area (TPSA) is 64.6 Å². The first-order valence-electron chi connectivity index (χ1n) is 9.48. The Balaban J connectivity index is 1.32. The van der Waals surface area contributed by atoms with Crippen LogP contribution < -0.4 is 14.8 Å². The fourth-order valence-corrected chi connectivity index (χ4v) is 4.30. The predicted molar refractivity (Wildman–Crippen MR) is 92.3 cm³/mol. The Morgan fingerprint density at radius 3 is 2.28 bits per heavy atom. The first-order chi connectivity index (χ1) is 12.2. The molecular weight excluding hydrogens is 318 g/mol. The summed E-state index contributed by atoms with van der Waals surface area (Å²) in [6, 6.07) is 7.02. The molecule has 2 aliphatic carbocycles. The molecule has 25 heavy (non-hydrogen) atoms. The van der Waals surface area contributed by atoms with Crippen LogP contribution in [0.5, 0.6) is 11.5 Å². The molecular formula is C20H25NO4. The van der Waals surface area contributed by atoms with Gasteiger partial charge in [0.05, 0.1) is 5.92 Å². The van der Waals surface area contributed by atoms with Crippen molar-refractivity contribution in [1.82, 2.24) is 5.32 Å². The molecule has 4 rings (SSSR count). The molecule has 3 fully saturated rings. The summed E-state index contributed by atoms with van der Waals surface area (Å²) in [6.45, 7) is 0.719. The van der Waals surface area contributed by atoms with Crippen molar-refractivity contribution in [2.24, 2.45) is 17.8 Å². The van der Waals surface area contributed by atoms with E-state index in [2.05, 4.69) is 5.32 Å². The molecule has 1 aliphatic heterocycles. The van der Waals surface area contributed by atoms with Crippen molar-refractivity contribution in [3.63, 3.8) is 0 Å². The fourth-order valence-electron chi connectivity index (χ4n) is 4.30. The number of rotatable bonds is 4. The van der Waals surface area contributed by atoms with Gasteiger partial charge in [-0.2, -0.15) is 0 Å². The number of fused-ring (bicyclic) bond motifs is 1. The monoisotopic (exact) mass is 343 g/mol. The highest BCUT2D eigenvalue weighted by molar-refractivity contribution is 5.81. The van der Waals surface area contributed by atoms with Crippen molar-refractivity contribution in [3.05, 3.63) is 24.3 Å². The molecule has 5 heteroatoms. The largest absolute Gasteiger partial charge is 0.481 e. The fraction of sp³-hybridized carbons (Fsp3) is 0.600. The van der Waals surface area contributed by atoms with E-state index < -0.39 is 6.10 Å². The van der Waals surface area contributed by atoms with Crippen LogP contribution in [0.15, 0.2) is 24.3 Å². The smallest absolute Gasteiger partial charge is 0.314 e. The van der Waals surface area contributed by atoms with E-state index in [0.717, 1.165) is 25.8 Å². The summed E-state index contributed by atoms with van der Waals surface area (Å²) < 4.78 is 11.3. The summed E-state index contributed by atoms with van der Waals surface area (Å²) in [6.07, 6.45) is 7.07. The molecule has 1 heterocycles. The maximum absolute atomic E-state index is 12.3. The number of nitrogens with one attached hydrogen (secondary N) is 1. The van der Waals surface area contributed by atoms with Crippen LogP contribution in [0.25, 0.3) is 0 Å². The first kappa shape index (κ1) is 16.4. The second kappa shape index (κ2) is 7.06. The van der Waals surface area contributed by atoms with Crippen LogP contribution in [0.2, 0.25) is 0 Å². The van der Waals surface area contributed by atoms with E-state index >= 15 is 0 Å². The van der Waals surface area contributed by atoms with Gasteiger partial charge in [0, 0.05) is 6.54 Å². The molecule has 1 aromatic rings. The number of carbonyl (C=O) groups is 2. The molecule has 0 bridgehead atoms. The van der Waals surface area contributed by atoms with Gasteiger partial charge in [-0.05, 0) is 68.2 Å². The molecule has 1 N–H and O–H groups in total. The Labute approximate surface area is 148 Å². The SMILES string of the molecule is O=C(Oc1ccc(O[C@H]2CCCCNC2=O)cc1)C1[C@H]2CCCC[C@@H]12. The lowest BCUT2D eigenvalue weighted by Gasteiger charge is -2.16. The van der Waals surface area contributed by atoms with E-state index in [4.69, 9.17) is 9.47 Å². The highest BCUT2D eigenvalue weighted by atomic mass is 16.5. The summed E-state index contributed by atoms with van der Waals surface area (Å²) >= 11 is 0. The van der Waals surface area contributed by atoms with E-state index in [-0.39, 0.29) is 17.8 Å². The number of benzene rings is 1. The molecule has 0 aromatic heterocycles. The second-order valence-corrected chi connectivity index (χ2v) is 7.42. The zero-order valence-corrected chi connectivity index (χ0v) is 14.4. The van der Waals surface area contributed by atoms with Gasteiger partial charge in [0.2, 0.25) is 0 Å². The summed E-state index contributed by atoms with van der Waals surface area (Å²) in [7, 11) is 0. The van der Waals surface area contributed by atoms with E-state index in [1.54, 1.807) is 24.3 Å². The quantitative estimate of drug-likeness (QED) is 0.674. The van der Waals surface area contributed by atoms with Crippen molar-refractivity contribution in [2.75, 3.05) is 6.54 Å². The third-order valence-corrected chi connectivity index (χ3v) is 5.73. The second-order valence-electron chi connectivity index (χ2n) is 7.42. The molecule has 0 radical (unpaired) electrons. The number of esters is 1. The number of amides is 1. The van der Waals surface area contributed by atoms with E-state index in [1.165, 1.54) is 25.7 Å². The van der Waals surface area contributed by atoms with Gasteiger partial charge >= 0.3 is 5.97 Å². The lowest BCUT2D eigenvalue weighted by molar-refractivity contribution is -0.136. The van der Waals surface area contributed by atoms with Gasteiger partial charge in [0.15, 0.2) is 6.10 Å². The minimum absolute atomic E-state index is 0.0515. The van der Waals surface area contributed by atoms with Crippen molar-refractivity contribution in [2.45, 2.75) is 51.0 Å². The van der Waals surface area contributed by atoms with Crippen molar-refractivity contribution in [3.8, 4) is 11.5 Å². The Kier molecular flexibility index (Phi) is 4.64. The molecule has 1 saturated heterocycles. The Bertz CT molecular complexity index is 630. The number of carbonyl (C=O) groups excluding carboxylic acids is 2. The van der Waals surface area contributed by atoms with Crippen LogP contribution in [-0.2, 0) is 9.59 Å². The lowest BCUT2D eigenvalue weighted by atomic mass is 10.0. The van der Waals surface area contributed by atoms with Crippen LogP contribution in [0.3, 0.4) is 0 Å². The molecule has 5 nitrogen and oxygen atoms in total. The van der Waals surface area contributed by atoms with Gasteiger partial charge in [-0.25, -0.2) is 0 Å². The third-order valence-electron chi connectivity index (χ3n) is 5.73. The van der Waals surface area contributed by atoms with Crippen LogP contribution in [-0.4, -0.2) is 24.5 Å². The maximum Gasteiger partial charge on any atom is 0.314 e. The minimum atomic E-state index is -0.439. The number of hydrogen-bond acceptors (Lipinski definition) is 4. The van der Waals surface area contributed by atoms with Crippen molar-refractivity contribution >= 4 is 11.9 Å². The average molecular weight is 343 g/mol. The first-order valence-corrected chi connectivity index (χ1v) is 9.48. The van der Waals surface area contributed by atoms with Crippen molar-refractivity contribution < 1.29 is 19.1 Å². The highest BCUT2D eigenvalue weighted by Gasteiger charge is 2.55. The van der Waals surface area contributed by atoms with Gasteiger partial charge in [-0.15, -0.1) is 0 Å². The summed E-state index contributed by atoms with van der Waals surface area (Å²) in [5.41, 5.74) is 0. The van der Waals surface area contributed by atoms with Crippen LogP contribution in [0.1, 0.15) is 44.9 Å². The maximum atomic E-state index is 12.3.